The van der Waals surface area contributed by atoms with E-state index in [2.05, 4.69) is 5.32 Å². The van der Waals surface area contributed by atoms with Gasteiger partial charge in [-0.2, -0.15) is 0 Å². The van der Waals surface area contributed by atoms with Crippen molar-refractivity contribution in [3.05, 3.63) is 0 Å². The molecule has 120 valence electrons. The number of rotatable bonds is 3. The highest BCUT2D eigenvalue weighted by Gasteiger charge is 2.59. The molecule has 1 unspecified atom stereocenters. The molecule has 2 aliphatic heterocycles. The normalized spacial score (nSPS) is 44.1. The molecule has 0 aromatic rings. The summed E-state index contributed by atoms with van der Waals surface area (Å²) in [6.07, 6.45) is -3.81. The van der Waals surface area contributed by atoms with Gasteiger partial charge in [-0.05, 0) is 13.8 Å². The van der Waals surface area contributed by atoms with E-state index in [1.54, 1.807) is 0 Å². The van der Waals surface area contributed by atoms with Crippen LogP contribution in [0, 0.1) is 0 Å². The number of methoxy groups -OCH3 is 1. The number of imide groups is 1. The van der Waals surface area contributed by atoms with Crippen LogP contribution >= 0.6 is 0 Å². The number of carbonyl (C=O) groups is 2. The summed E-state index contributed by atoms with van der Waals surface area (Å²) >= 11 is 0. The minimum atomic E-state index is -1.59. The second-order valence-electron chi connectivity index (χ2n) is 5.61. The van der Waals surface area contributed by atoms with Crippen molar-refractivity contribution in [3.8, 4) is 0 Å². The van der Waals surface area contributed by atoms with Gasteiger partial charge in [0.1, 0.15) is 18.3 Å². The number of aliphatic hydroxyl groups excluding tert-OH is 3. The zero-order valence-corrected chi connectivity index (χ0v) is 12.1. The molecule has 0 saturated carbocycles. The number of ether oxygens (including phenoxy) is 2. The maximum absolute atomic E-state index is 12.1. The fourth-order valence-corrected chi connectivity index (χ4v) is 2.59. The first-order valence-corrected chi connectivity index (χ1v) is 6.52. The van der Waals surface area contributed by atoms with Crippen molar-refractivity contribution in [1.29, 1.82) is 0 Å². The zero-order valence-electron chi connectivity index (χ0n) is 12.1. The van der Waals surface area contributed by atoms with Gasteiger partial charge in [-0.1, -0.05) is 0 Å². The lowest BCUT2D eigenvalue weighted by Crippen LogP contribution is -2.70. The topological polar surface area (TPSA) is 129 Å². The molecule has 2 fully saturated rings. The molecule has 0 radical (unpaired) electrons. The molecule has 9 heteroatoms. The summed E-state index contributed by atoms with van der Waals surface area (Å²) < 4.78 is 10.6. The third kappa shape index (κ3) is 2.30. The predicted molar refractivity (Wildman–Crippen MR) is 68.0 cm³/mol. The van der Waals surface area contributed by atoms with Crippen LogP contribution in [0.4, 0.5) is 4.79 Å². The Morgan fingerprint density at radius 1 is 1.43 bits per heavy atom. The number of hydrogen-bond acceptors (Lipinski definition) is 7. The molecular formula is C12H20N2O7. The Morgan fingerprint density at radius 3 is 2.52 bits per heavy atom. The van der Waals surface area contributed by atoms with E-state index in [-0.39, 0.29) is 6.54 Å². The molecule has 9 nitrogen and oxygen atoms in total. The molecule has 0 aliphatic carbocycles. The highest BCUT2D eigenvalue weighted by molar-refractivity contribution is 6.01. The van der Waals surface area contributed by atoms with Gasteiger partial charge in [0.25, 0.3) is 5.91 Å². The Kier molecular flexibility index (Phi) is 3.98. The Bertz CT molecular complexity index is 459. The number of amides is 3. The van der Waals surface area contributed by atoms with Gasteiger partial charge >= 0.3 is 6.03 Å². The monoisotopic (exact) mass is 304 g/mol. The number of nitrogens with zero attached hydrogens (tertiary/aromatic N) is 1. The van der Waals surface area contributed by atoms with Crippen LogP contribution in [-0.4, -0.2) is 82.1 Å². The zero-order chi connectivity index (χ0) is 16.0. The maximum atomic E-state index is 12.1. The SMILES string of the molecule is COC1(C)CN([C@]2(C)O[C@H](CO)[C@@H](O)[C@H]2O)C(=O)NC1=O. The van der Waals surface area contributed by atoms with E-state index >= 15 is 0 Å². The molecule has 3 amide bonds. The van der Waals surface area contributed by atoms with Crippen molar-refractivity contribution >= 4 is 11.9 Å². The highest BCUT2D eigenvalue weighted by Crippen LogP contribution is 2.36. The molecule has 0 aromatic heterocycles. The largest absolute Gasteiger partial charge is 0.394 e. The number of aliphatic hydroxyl groups is 3. The Balaban J connectivity index is 2.31. The maximum Gasteiger partial charge on any atom is 0.326 e. The average Bonchev–Trinajstić information content (AvgIpc) is 2.68. The van der Waals surface area contributed by atoms with Gasteiger partial charge in [0.05, 0.1) is 13.2 Å². The average molecular weight is 304 g/mol. The first-order valence-electron chi connectivity index (χ1n) is 6.52. The van der Waals surface area contributed by atoms with Crippen molar-refractivity contribution in [1.82, 2.24) is 10.2 Å². The fraction of sp³-hybridized carbons (Fsp3) is 0.833. The van der Waals surface area contributed by atoms with Crippen LogP contribution in [0.1, 0.15) is 13.8 Å². The van der Waals surface area contributed by atoms with Gasteiger partial charge in [-0.25, -0.2) is 4.79 Å². The van der Waals surface area contributed by atoms with E-state index in [4.69, 9.17) is 14.6 Å². The Labute approximate surface area is 121 Å². The van der Waals surface area contributed by atoms with E-state index < -0.39 is 48.2 Å². The van der Waals surface area contributed by atoms with Crippen molar-refractivity contribution in [2.45, 2.75) is 43.5 Å². The molecule has 0 bridgehead atoms. The minimum absolute atomic E-state index is 0.160. The van der Waals surface area contributed by atoms with Crippen molar-refractivity contribution < 1.29 is 34.4 Å². The summed E-state index contributed by atoms with van der Waals surface area (Å²) in [4.78, 5) is 24.9. The second kappa shape index (κ2) is 5.18. The molecule has 2 rings (SSSR count). The number of urea groups is 1. The molecule has 0 aromatic carbocycles. The number of hydrogen-bond donors (Lipinski definition) is 4. The molecule has 2 heterocycles. The third-order valence-electron chi connectivity index (χ3n) is 4.22. The first kappa shape index (κ1) is 16.1. The van der Waals surface area contributed by atoms with Crippen LogP contribution in [0.2, 0.25) is 0 Å². The third-order valence-corrected chi connectivity index (χ3v) is 4.22. The molecule has 2 saturated heterocycles. The second-order valence-corrected chi connectivity index (χ2v) is 5.61. The van der Waals surface area contributed by atoms with Crippen LogP contribution in [0.25, 0.3) is 0 Å². The lowest BCUT2D eigenvalue weighted by Gasteiger charge is -2.46. The fourth-order valence-electron chi connectivity index (χ4n) is 2.59. The van der Waals surface area contributed by atoms with Crippen LogP contribution < -0.4 is 5.32 Å². The van der Waals surface area contributed by atoms with Crippen LogP contribution in [-0.2, 0) is 14.3 Å². The molecule has 2 aliphatic rings. The lowest BCUT2D eigenvalue weighted by molar-refractivity contribution is -0.184. The van der Waals surface area contributed by atoms with Crippen molar-refractivity contribution in [2.75, 3.05) is 20.3 Å². The van der Waals surface area contributed by atoms with E-state index in [9.17, 15) is 19.8 Å². The van der Waals surface area contributed by atoms with E-state index in [1.165, 1.54) is 21.0 Å². The molecule has 5 atom stereocenters. The first-order chi connectivity index (χ1) is 9.69. The van der Waals surface area contributed by atoms with Gasteiger partial charge in [0.2, 0.25) is 0 Å². The summed E-state index contributed by atoms with van der Waals surface area (Å²) in [5, 5.41) is 31.3. The summed E-state index contributed by atoms with van der Waals surface area (Å²) in [5.74, 6) is -0.596. The molecular weight excluding hydrogens is 284 g/mol. The van der Waals surface area contributed by atoms with Crippen molar-refractivity contribution in [3.63, 3.8) is 0 Å². The van der Waals surface area contributed by atoms with Crippen LogP contribution in [0.15, 0.2) is 0 Å². The van der Waals surface area contributed by atoms with Gasteiger partial charge in [0.15, 0.2) is 11.3 Å². The van der Waals surface area contributed by atoms with Gasteiger partial charge in [-0.3, -0.25) is 15.0 Å². The highest BCUT2D eigenvalue weighted by atomic mass is 16.6. The summed E-state index contributed by atoms with van der Waals surface area (Å²) in [6, 6.07) is -0.762. The summed E-state index contributed by atoms with van der Waals surface area (Å²) in [6.45, 7) is 2.23. The van der Waals surface area contributed by atoms with E-state index in [1.807, 2.05) is 0 Å². The van der Waals surface area contributed by atoms with Crippen LogP contribution in [0.5, 0.6) is 0 Å². The quantitative estimate of drug-likeness (QED) is 0.464. The lowest BCUT2D eigenvalue weighted by atomic mass is 9.97. The molecule has 4 N–H and O–H groups in total. The molecule has 21 heavy (non-hydrogen) atoms. The smallest absolute Gasteiger partial charge is 0.326 e. The standard InChI is InChI=1S/C12H20N2O7/c1-11(20-3)5-14(10(19)13-9(11)18)12(2)8(17)7(16)6(4-15)21-12/h6-8,15-17H,4-5H2,1-3H3,(H,13,18,19)/t6-,7-,8-,11?,12-/m1/s1. The number of nitrogens with one attached hydrogen (secondary N) is 1. The Morgan fingerprint density at radius 2 is 2.05 bits per heavy atom. The van der Waals surface area contributed by atoms with Gasteiger partial charge < -0.3 is 24.8 Å². The summed E-state index contributed by atoms with van der Waals surface area (Å²) in [7, 11) is 1.33. The van der Waals surface area contributed by atoms with E-state index in [0.29, 0.717) is 0 Å². The van der Waals surface area contributed by atoms with E-state index in [0.717, 1.165) is 4.90 Å². The molecule has 0 spiro atoms. The van der Waals surface area contributed by atoms with Gasteiger partial charge in [-0.15, -0.1) is 0 Å². The predicted octanol–water partition coefficient (Wildman–Crippen LogP) is -2.23. The summed E-state index contributed by atoms with van der Waals surface area (Å²) in [5.41, 5.74) is -2.89. The minimum Gasteiger partial charge on any atom is -0.394 e. The number of carbonyl (C=O) groups excluding carboxylic acids is 2. The Hall–Kier alpha value is -1.26. The van der Waals surface area contributed by atoms with Crippen molar-refractivity contribution in [2.24, 2.45) is 0 Å². The van der Waals surface area contributed by atoms with Crippen LogP contribution in [0.3, 0.4) is 0 Å². The van der Waals surface area contributed by atoms with Gasteiger partial charge in [0, 0.05) is 7.11 Å².